The second-order valence-electron chi connectivity index (χ2n) is 4.47. The van der Waals surface area contributed by atoms with Gasteiger partial charge in [-0.3, -0.25) is 4.79 Å². The molecule has 0 saturated carbocycles. The first-order valence-corrected chi connectivity index (χ1v) is 6.89. The summed E-state index contributed by atoms with van der Waals surface area (Å²) >= 11 is 0. The van der Waals surface area contributed by atoms with Crippen molar-refractivity contribution >= 4 is 17.2 Å². The summed E-state index contributed by atoms with van der Waals surface area (Å²) in [6.45, 7) is -0.962. The first kappa shape index (κ1) is 16.9. The molecule has 2 aromatic rings. The highest BCUT2D eigenvalue weighted by Crippen LogP contribution is 2.10. The van der Waals surface area contributed by atoms with E-state index in [0.717, 1.165) is 0 Å². The van der Waals surface area contributed by atoms with Crippen LogP contribution in [0, 0.1) is 10.4 Å². The fraction of sp³-hybridized carbons (Fsp3) is 0.133. The average molecular weight is 330 g/mol. The van der Waals surface area contributed by atoms with Gasteiger partial charge in [0.25, 0.3) is 0 Å². The summed E-state index contributed by atoms with van der Waals surface area (Å²) in [4.78, 5) is 21.2. The predicted octanol–water partition coefficient (Wildman–Crippen LogP) is 3.01. The molecule has 0 fully saturated rings. The molecule has 24 heavy (non-hydrogen) atoms. The molecule has 0 unspecified atom stereocenters. The maximum absolute atomic E-state index is 11.5. The lowest BCUT2D eigenvalue weighted by atomic mass is 10.3. The number of rotatable bonds is 8. The first-order valence-electron chi connectivity index (χ1n) is 6.89. The quantitative estimate of drug-likeness (QED) is 0.419. The van der Waals surface area contributed by atoms with Gasteiger partial charge >= 0.3 is 0 Å². The van der Waals surface area contributed by atoms with E-state index in [0.29, 0.717) is 0 Å². The van der Waals surface area contributed by atoms with Crippen molar-refractivity contribution < 1.29 is 24.2 Å². The predicted molar refractivity (Wildman–Crippen MR) is 81.2 cm³/mol. The number of para-hydroxylation sites is 2. The molecule has 0 atom stereocenters. The zero-order valence-electron chi connectivity index (χ0n) is 12.5. The highest BCUT2D eigenvalue weighted by atomic mass is 16.7. The molecular formula is C15H14N4O5. The minimum atomic E-state index is -0.537. The van der Waals surface area contributed by atoms with Gasteiger partial charge in [-0.25, -0.2) is 0 Å². The van der Waals surface area contributed by atoms with Gasteiger partial charge in [-0.2, -0.15) is 0 Å². The van der Waals surface area contributed by atoms with Crippen molar-refractivity contribution in [3.63, 3.8) is 0 Å². The number of ketones is 1. The Morgan fingerprint density at radius 3 is 1.54 bits per heavy atom. The molecule has 2 rings (SSSR count). The van der Waals surface area contributed by atoms with Gasteiger partial charge in [0, 0.05) is 24.3 Å². The molecule has 0 spiro atoms. The molecule has 0 aromatic heterocycles. The fourth-order valence-electron chi connectivity index (χ4n) is 1.55. The fourth-order valence-corrected chi connectivity index (χ4v) is 1.55. The van der Waals surface area contributed by atoms with Crippen LogP contribution < -0.4 is 0 Å². The molecule has 0 aliphatic carbocycles. The number of hydrogen-bond acceptors (Lipinski definition) is 7. The molecule has 124 valence electrons. The van der Waals surface area contributed by atoms with Crippen molar-refractivity contribution in [3.05, 3.63) is 71.1 Å². The molecule has 2 aromatic carbocycles. The minimum absolute atomic E-state index is 0.243. The summed E-state index contributed by atoms with van der Waals surface area (Å²) in [5.41, 5.74) is 0.530. The zero-order valence-corrected chi connectivity index (χ0v) is 12.5. The van der Waals surface area contributed by atoms with E-state index in [1.165, 1.54) is 24.3 Å². The Kier molecular flexibility index (Phi) is 6.21. The topological polar surface area (TPSA) is 112 Å². The molecule has 0 N–H and O–H groups in total. The molecule has 0 bridgehead atoms. The Balaban J connectivity index is 1.74. The second-order valence-corrected chi connectivity index (χ2v) is 4.47. The first-order chi connectivity index (χ1) is 11.7. The van der Waals surface area contributed by atoms with Gasteiger partial charge in [-0.05, 0) is 9.72 Å². The van der Waals surface area contributed by atoms with Crippen LogP contribution in [0.15, 0.2) is 71.2 Å². The summed E-state index contributed by atoms with van der Waals surface area (Å²) in [5, 5.41) is 29.5. The number of Topliss-reactive ketones (excluding diaryl/α,β-unsaturated/α-hetero) is 1. The Morgan fingerprint density at radius 1 is 0.792 bits per heavy atom. The van der Waals surface area contributed by atoms with Crippen molar-refractivity contribution in [2.75, 3.05) is 13.2 Å². The lowest BCUT2D eigenvalue weighted by Gasteiger charge is -2.00. The third-order valence-electron chi connectivity index (χ3n) is 2.67. The SMILES string of the molecule is O=C(CO/N=[N+](\[O-])c1ccccc1)CO/N=[N+](\[O-])c1ccccc1. The van der Waals surface area contributed by atoms with E-state index in [1.54, 1.807) is 36.4 Å². The van der Waals surface area contributed by atoms with E-state index in [1.807, 2.05) is 0 Å². The van der Waals surface area contributed by atoms with Crippen LogP contribution >= 0.6 is 0 Å². The highest BCUT2D eigenvalue weighted by Gasteiger charge is 2.08. The van der Waals surface area contributed by atoms with Gasteiger partial charge < -0.3 is 20.1 Å². The molecule has 0 aliphatic heterocycles. The van der Waals surface area contributed by atoms with E-state index in [4.69, 9.17) is 0 Å². The smallest absolute Gasteiger partial charge is 0.248 e. The van der Waals surface area contributed by atoms with Crippen LogP contribution in [0.3, 0.4) is 0 Å². The molecule has 9 heteroatoms. The Hall–Kier alpha value is -3.49. The normalized spacial score (nSPS) is 11.8. The highest BCUT2D eigenvalue weighted by molar-refractivity contribution is 5.80. The van der Waals surface area contributed by atoms with Crippen molar-refractivity contribution in [2.45, 2.75) is 0 Å². The van der Waals surface area contributed by atoms with Crippen molar-refractivity contribution in [2.24, 2.45) is 10.6 Å². The average Bonchev–Trinajstić information content (AvgIpc) is 2.63. The van der Waals surface area contributed by atoms with Crippen LogP contribution in [-0.2, 0) is 14.5 Å². The van der Waals surface area contributed by atoms with Gasteiger partial charge in [0.2, 0.25) is 27.7 Å². The van der Waals surface area contributed by atoms with Crippen LogP contribution in [0.2, 0.25) is 0 Å². The van der Waals surface area contributed by atoms with Gasteiger partial charge in [-0.1, -0.05) is 36.4 Å². The third kappa shape index (κ3) is 5.37. The maximum Gasteiger partial charge on any atom is 0.248 e. The molecule has 0 amide bonds. The van der Waals surface area contributed by atoms with Gasteiger partial charge in [0.1, 0.15) is 0 Å². The lowest BCUT2D eigenvalue weighted by molar-refractivity contribution is -0.479. The van der Waals surface area contributed by atoms with Crippen LogP contribution in [0.5, 0.6) is 0 Å². The molecule has 0 radical (unpaired) electrons. The maximum atomic E-state index is 11.5. The van der Waals surface area contributed by atoms with Crippen LogP contribution in [-0.4, -0.2) is 28.7 Å². The molecule has 9 nitrogen and oxygen atoms in total. The largest absolute Gasteiger partial charge is 0.592 e. The Morgan fingerprint density at radius 2 is 1.17 bits per heavy atom. The Labute approximate surface area is 137 Å². The lowest BCUT2D eigenvalue weighted by Crippen LogP contribution is -2.13. The van der Waals surface area contributed by atoms with Gasteiger partial charge in [0.15, 0.2) is 13.2 Å². The van der Waals surface area contributed by atoms with Crippen molar-refractivity contribution in [1.29, 1.82) is 0 Å². The van der Waals surface area contributed by atoms with E-state index < -0.39 is 19.0 Å². The van der Waals surface area contributed by atoms with Crippen LogP contribution in [0.4, 0.5) is 11.4 Å². The van der Waals surface area contributed by atoms with E-state index >= 15 is 0 Å². The van der Waals surface area contributed by atoms with Gasteiger partial charge in [0.05, 0.1) is 0 Å². The summed E-state index contributed by atoms with van der Waals surface area (Å²) in [6, 6.07) is 16.3. The molecule has 0 heterocycles. The number of carbonyl (C=O) groups is 1. The monoisotopic (exact) mass is 330 g/mol. The van der Waals surface area contributed by atoms with Crippen molar-refractivity contribution in [3.8, 4) is 0 Å². The summed E-state index contributed by atoms with van der Waals surface area (Å²) in [6.07, 6.45) is 0. The number of hydrogen-bond donors (Lipinski definition) is 0. The summed E-state index contributed by atoms with van der Waals surface area (Å²) in [5.74, 6) is -0.537. The van der Waals surface area contributed by atoms with Crippen LogP contribution in [0.1, 0.15) is 0 Å². The molecular weight excluding hydrogens is 316 g/mol. The second kappa shape index (κ2) is 8.83. The third-order valence-corrected chi connectivity index (χ3v) is 2.67. The molecule has 0 aliphatic rings. The Bertz CT molecular complexity index is 658. The standard InChI is InChI=1S/C15H14N4O5/c20-15(11-23-16-18(21)13-7-3-1-4-8-13)12-24-17-19(22)14-9-5-2-6-10-14/h1-10H,11-12H2/b18-16-,19-17-. The van der Waals surface area contributed by atoms with E-state index in [2.05, 4.69) is 20.2 Å². The van der Waals surface area contributed by atoms with Crippen LogP contribution in [0.25, 0.3) is 0 Å². The minimum Gasteiger partial charge on any atom is -0.592 e. The van der Waals surface area contributed by atoms with Gasteiger partial charge in [-0.15, -0.1) is 0 Å². The zero-order chi connectivity index (χ0) is 17.2. The van der Waals surface area contributed by atoms with E-state index in [9.17, 15) is 15.2 Å². The van der Waals surface area contributed by atoms with E-state index in [-0.39, 0.29) is 21.1 Å². The number of carbonyl (C=O) groups excluding carboxylic acids is 1. The molecule has 0 saturated heterocycles. The van der Waals surface area contributed by atoms with Crippen molar-refractivity contribution in [1.82, 2.24) is 0 Å². The summed E-state index contributed by atoms with van der Waals surface area (Å²) < 4.78 is 0. The summed E-state index contributed by atoms with van der Waals surface area (Å²) in [7, 11) is 0. The number of benzene rings is 2. The number of nitrogens with zero attached hydrogens (tertiary/aromatic N) is 4.